The number of carbonyl (C=O) groups excluding carboxylic acids is 3. The van der Waals surface area contributed by atoms with Crippen LogP contribution in [0.2, 0.25) is 0 Å². The third-order valence-corrected chi connectivity index (χ3v) is 10.6. The molecule has 0 spiro atoms. The molecule has 7 atom stereocenters. The molecule has 3 fully saturated rings. The van der Waals surface area contributed by atoms with E-state index in [-0.39, 0.29) is 30.5 Å². The van der Waals surface area contributed by atoms with Gasteiger partial charge in [-0.15, -0.1) is 0 Å². The topological polar surface area (TPSA) is 101 Å². The first kappa shape index (κ1) is 21.9. The molecule has 4 aliphatic rings. The van der Waals surface area contributed by atoms with Crippen LogP contribution in [0.3, 0.4) is 0 Å². The summed E-state index contributed by atoms with van der Waals surface area (Å²) in [6.07, 6.45) is 7.02. The summed E-state index contributed by atoms with van der Waals surface area (Å²) in [5.41, 5.74) is -1.97. The van der Waals surface area contributed by atoms with Crippen molar-refractivity contribution in [3.8, 4) is 0 Å². The average molecular weight is 481 g/mol. The monoisotopic (exact) mass is 480 g/mol. The summed E-state index contributed by atoms with van der Waals surface area (Å²) in [7, 11) is 0. The van der Waals surface area contributed by atoms with Gasteiger partial charge < -0.3 is 14.9 Å². The lowest BCUT2D eigenvalue weighted by Gasteiger charge is -2.64. The largest absolute Gasteiger partial charge is 0.458 e. The first-order valence-corrected chi connectivity index (χ1v) is 11.4. The lowest BCUT2D eigenvalue weighted by Crippen LogP contribution is -2.68. The Labute approximate surface area is 184 Å². The molecular formula is C23H29BrO6. The summed E-state index contributed by atoms with van der Waals surface area (Å²) in [6.45, 7) is 4.72. The minimum absolute atomic E-state index is 0.0101. The van der Waals surface area contributed by atoms with Crippen molar-refractivity contribution in [2.45, 2.75) is 68.9 Å². The van der Waals surface area contributed by atoms with E-state index in [1.54, 1.807) is 12.2 Å². The molecule has 0 radical (unpaired) electrons. The van der Waals surface area contributed by atoms with Gasteiger partial charge in [-0.3, -0.25) is 14.4 Å². The number of carbonyl (C=O) groups is 3. The zero-order valence-electron chi connectivity index (χ0n) is 17.6. The van der Waals surface area contributed by atoms with Gasteiger partial charge in [0.05, 0.1) is 10.4 Å². The highest BCUT2D eigenvalue weighted by molar-refractivity contribution is 9.10. The number of aliphatic hydroxyl groups is 2. The van der Waals surface area contributed by atoms with Gasteiger partial charge in [0, 0.05) is 17.8 Å². The Balaban J connectivity index is 1.72. The van der Waals surface area contributed by atoms with Gasteiger partial charge in [0.15, 0.2) is 12.4 Å². The van der Waals surface area contributed by atoms with Crippen molar-refractivity contribution in [1.29, 1.82) is 0 Å². The highest BCUT2D eigenvalue weighted by Crippen LogP contribution is 2.71. The van der Waals surface area contributed by atoms with E-state index in [1.807, 2.05) is 13.0 Å². The lowest BCUT2D eigenvalue weighted by atomic mass is 9.46. The van der Waals surface area contributed by atoms with Crippen molar-refractivity contribution in [2.75, 3.05) is 6.61 Å². The maximum Gasteiger partial charge on any atom is 0.303 e. The van der Waals surface area contributed by atoms with E-state index in [0.29, 0.717) is 6.42 Å². The first-order chi connectivity index (χ1) is 13.9. The number of fused-ring (bicyclic) bond motifs is 5. The third kappa shape index (κ3) is 2.64. The van der Waals surface area contributed by atoms with Crippen molar-refractivity contribution in [2.24, 2.45) is 22.7 Å². The number of allylic oxidation sites excluding steroid dienone is 4. The normalized spacial score (nSPS) is 47.1. The van der Waals surface area contributed by atoms with E-state index < -0.39 is 45.2 Å². The number of hydrogen-bond donors (Lipinski definition) is 2. The molecule has 3 saturated carbocycles. The van der Waals surface area contributed by atoms with Crippen molar-refractivity contribution in [3.05, 3.63) is 23.8 Å². The summed E-state index contributed by atoms with van der Waals surface area (Å²) in [5, 5.41) is 23.0. The number of aliphatic hydroxyl groups excluding tert-OH is 1. The van der Waals surface area contributed by atoms with Crippen molar-refractivity contribution in [3.63, 3.8) is 0 Å². The maximum absolute atomic E-state index is 12.9. The van der Waals surface area contributed by atoms with E-state index in [4.69, 9.17) is 4.74 Å². The van der Waals surface area contributed by atoms with Gasteiger partial charge >= 0.3 is 5.97 Å². The molecule has 2 N–H and O–H groups in total. The SMILES string of the molecule is CC(=O)OCC(=O)[C@@]1(O)CC[C@H]2[C@@H]3CCC4=CC(=O)C=C[C@]4(C)[C@@]3(Br)C(O)C[C@@]21C. The molecule has 1 unspecified atom stereocenters. The van der Waals surface area contributed by atoms with Gasteiger partial charge in [-0.2, -0.15) is 0 Å². The third-order valence-electron chi connectivity index (χ3n) is 8.66. The molecule has 0 aromatic rings. The minimum Gasteiger partial charge on any atom is -0.458 e. The van der Waals surface area contributed by atoms with E-state index in [9.17, 15) is 24.6 Å². The fourth-order valence-corrected chi connectivity index (χ4v) is 8.06. The van der Waals surface area contributed by atoms with Gasteiger partial charge in [0.2, 0.25) is 5.78 Å². The summed E-state index contributed by atoms with van der Waals surface area (Å²) in [5.74, 6) is -1.06. The van der Waals surface area contributed by atoms with Gasteiger partial charge in [-0.05, 0) is 56.1 Å². The Morgan fingerprint density at radius 1 is 1.27 bits per heavy atom. The van der Waals surface area contributed by atoms with Crippen molar-refractivity contribution in [1.82, 2.24) is 0 Å². The van der Waals surface area contributed by atoms with Gasteiger partial charge in [-0.1, -0.05) is 41.4 Å². The summed E-state index contributed by atoms with van der Waals surface area (Å²) >= 11 is 3.95. The van der Waals surface area contributed by atoms with Crippen LogP contribution in [0.4, 0.5) is 0 Å². The maximum atomic E-state index is 12.9. The molecule has 4 rings (SSSR count). The number of alkyl halides is 1. The molecule has 0 aromatic heterocycles. The molecule has 0 amide bonds. The number of rotatable bonds is 3. The zero-order valence-corrected chi connectivity index (χ0v) is 19.2. The summed E-state index contributed by atoms with van der Waals surface area (Å²) in [6, 6.07) is 0. The average Bonchev–Trinajstić information content (AvgIpc) is 2.94. The predicted octanol–water partition coefficient (Wildman–Crippen LogP) is 2.65. The van der Waals surface area contributed by atoms with Gasteiger partial charge in [0.25, 0.3) is 0 Å². The highest BCUT2D eigenvalue weighted by Gasteiger charge is 2.72. The second kappa shape index (κ2) is 6.84. The Morgan fingerprint density at radius 3 is 2.63 bits per heavy atom. The second-order valence-corrected chi connectivity index (χ2v) is 11.2. The quantitative estimate of drug-likeness (QED) is 0.475. The molecule has 0 aromatic carbocycles. The highest BCUT2D eigenvalue weighted by atomic mass is 79.9. The number of ketones is 2. The summed E-state index contributed by atoms with van der Waals surface area (Å²) < 4.78 is 4.20. The molecule has 164 valence electrons. The van der Waals surface area contributed by atoms with Crippen LogP contribution in [0.1, 0.15) is 52.9 Å². The second-order valence-electron chi connectivity index (χ2n) is 9.87. The molecule has 0 saturated heterocycles. The number of hydrogen-bond acceptors (Lipinski definition) is 6. The van der Waals surface area contributed by atoms with Crippen LogP contribution in [-0.2, 0) is 19.1 Å². The molecule has 6 nitrogen and oxygen atoms in total. The number of esters is 1. The van der Waals surface area contributed by atoms with Crippen LogP contribution >= 0.6 is 15.9 Å². The van der Waals surface area contributed by atoms with Crippen molar-refractivity contribution >= 4 is 33.5 Å². The van der Waals surface area contributed by atoms with Crippen LogP contribution in [0.15, 0.2) is 23.8 Å². The predicted molar refractivity (Wildman–Crippen MR) is 113 cm³/mol. The minimum atomic E-state index is -1.64. The first-order valence-electron chi connectivity index (χ1n) is 10.6. The molecule has 7 heteroatoms. The fraction of sp³-hybridized carbons (Fsp3) is 0.696. The Hall–Kier alpha value is -1.31. The van der Waals surface area contributed by atoms with Gasteiger partial charge in [-0.25, -0.2) is 0 Å². The van der Waals surface area contributed by atoms with Crippen LogP contribution in [0, 0.1) is 22.7 Å². The Morgan fingerprint density at radius 2 is 1.97 bits per heavy atom. The van der Waals surface area contributed by atoms with Crippen LogP contribution in [0.25, 0.3) is 0 Å². The zero-order chi connectivity index (χ0) is 22.1. The molecule has 30 heavy (non-hydrogen) atoms. The Kier molecular flexibility index (Phi) is 5.00. The van der Waals surface area contributed by atoms with E-state index >= 15 is 0 Å². The summed E-state index contributed by atoms with van der Waals surface area (Å²) in [4.78, 5) is 36.1. The molecule has 4 aliphatic carbocycles. The molecule has 0 bridgehead atoms. The lowest BCUT2D eigenvalue weighted by molar-refractivity contribution is -0.175. The van der Waals surface area contributed by atoms with E-state index in [2.05, 4.69) is 22.9 Å². The van der Waals surface area contributed by atoms with Crippen LogP contribution < -0.4 is 0 Å². The van der Waals surface area contributed by atoms with Crippen LogP contribution in [-0.4, -0.2) is 50.4 Å². The molecule has 0 heterocycles. The number of ether oxygens (including phenoxy) is 1. The van der Waals surface area contributed by atoms with Crippen molar-refractivity contribution < 1.29 is 29.3 Å². The molecule has 0 aliphatic heterocycles. The number of Topliss-reactive ketones (excluding diaryl/α,β-unsaturated/α-hetero) is 1. The number of halogens is 1. The molecular weight excluding hydrogens is 452 g/mol. The van der Waals surface area contributed by atoms with Crippen LogP contribution in [0.5, 0.6) is 0 Å². The standard InChI is InChI=1S/C23H29BrO6/c1-13(25)30-12-19(28)22(29)9-7-16-17-5-4-14-10-15(26)6-8-20(14,2)23(17,24)18(27)11-21(16,22)3/h6,8,10,16-18,27,29H,4-5,7,9,11-12H2,1-3H3/t16-,17-,18?,20-,21-,22-,23-/m0/s1. The smallest absolute Gasteiger partial charge is 0.303 e. The van der Waals surface area contributed by atoms with Gasteiger partial charge in [0.1, 0.15) is 5.60 Å². The van der Waals surface area contributed by atoms with E-state index in [1.165, 1.54) is 6.92 Å². The Bertz CT molecular complexity index is 879. The fourth-order valence-electron chi connectivity index (χ4n) is 6.96. The van der Waals surface area contributed by atoms with E-state index in [0.717, 1.165) is 18.4 Å².